The van der Waals surface area contributed by atoms with Crippen molar-refractivity contribution >= 4 is 22.8 Å². The number of aromatic amines is 1. The van der Waals surface area contributed by atoms with E-state index in [1.54, 1.807) is 28.1 Å². The molecule has 0 radical (unpaired) electrons. The third-order valence-electron chi connectivity index (χ3n) is 3.54. The Morgan fingerprint density at radius 1 is 1.30 bits per heavy atom. The first-order valence-corrected chi connectivity index (χ1v) is 7.98. The normalized spacial score (nSPS) is 11.0. The Morgan fingerprint density at radius 2 is 2.26 bits per heavy atom. The highest BCUT2D eigenvalue weighted by atomic mass is 32.1. The molecule has 23 heavy (non-hydrogen) atoms. The number of nitrogens with zero attached hydrogens (tertiary/aromatic N) is 3. The Morgan fingerprint density at radius 3 is 3.13 bits per heavy atom. The Balaban J connectivity index is 1.48. The quantitative estimate of drug-likeness (QED) is 0.606. The summed E-state index contributed by atoms with van der Waals surface area (Å²) in [7, 11) is 0. The van der Waals surface area contributed by atoms with Crippen LogP contribution >= 0.6 is 11.3 Å². The van der Waals surface area contributed by atoms with Gasteiger partial charge < -0.3 is 5.32 Å². The molecule has 4 aromatic rings. The predicted octanol–water partition coefficient (Wildman–Crippen LogP) is 2.72. The van der Waals surface area contributed by atoms with Crippen molar-refractivity contribution in [2.75, 3.05) is 0 Å². The Hall–Kier alpha value is -2.93. The van der Waals surface area contributed by atoms with Crippen LogP contribution in [0.15, 0.2) is 54.2 Å². The maximum Gasteiger partial charge on any atom is 0.272 e. The molecule has 4 heterocycles. The van der Waals surface area contributed by atoms with Crippen LogP contribution in [0, 0.1) is 0 Å². The molecule has 0 saturated heterocycles. The van der Waals surface area contributed by atoms with E-state index in [0.717, 1.165) is 21.7 Å². The number of pyridine rings is 1. The van der Waals surface area contributed by atoms with Gasteiger partial charge >= 0.3 is 0 Å². The zero-order chi connectivity index (χ0) is 15.6. The number of nitrogens with one attached hydrogen (secondary N) is 2. The van der Waals surface area contributed by atoms with E-state index < -0.39 is 0 Å². The van der Waals surface area contributed by atoms with Crippen molar-refractivity contribution in [3.8, 4) is 10.6 Å². The fourth-order valence-electron chi connectivity index (χ4n) is 2.39. The maximum atomic E-state index is 12.2. The Bertz CT molecular complexity index is 954. The highest BCUT2D eigenvalue weighted by Crippen LogP contribution is 2.22. The smallest absolute Gasteiger partial charge is 0.272 e. The third-order valence-corrected chi connectivity index (χ3v) is 4.45. The van der Waals surface area contributed by atoms with Gasteiger partial charge in [-0.05, 0) is 29.6 Å². The number of thiophene rings is 1. The molecule has 0 aliphatic carbocycles. The summed E-state index contributed by atoms with van der Waals surface area (Å²) in [5, 5.41) is 16.1. The second-order valence-electron chi connectivity index (χ2n) is 5.03. The molecule has 0 spiro atoms. The number of hydrogen-bond donors (Lipinski definition) is 2. The van der Waals surface area contributed by atoms with Gasteiger partial charge in [-0.1, -0.05) is 12.1 Å². The van der Waals surface area contributed by atoms with Crippen LogP contribution in [-0.4, -0.2) is 25.7 Å². The number of H-pyrrole nitrogens is 1. The van der Waals surface area contributed by atoms with E-state index in [0.29, 0.717) is 12.2 Å². The molecular formula is C16H13N5OS. The van der Waals surface area contributed by atoms with Gasteiger partial charge in [-0.2, -0.15) is 10.2 Å². The maximum absolute atomic E-state index is 12.2. The molecule has 4 aromatic heterocycles. The van der Waals surface area contributed by atoms with E-state index in [1.807, 2.05) is 41.9 Å². The van der Waals surface area contributed by atoms with Crippen LogP contribution in [0.2, 0.25) is 0 Å². The topological polar surface area (TPSA) is 75.1 Å². The summed E-state index contributed by atoms with van der Waals surface area (Å²) in [4.78, 5) is 13.3. The van der Waals surface area contributed by atoms with E-state index in [-0.39, 0.29) is 5.91 Å². The van der Waals surface area contributed by atoms with Crippen molar-refractivity contribution < 1.29 is 4.79 Å². The lowest BCUT2D eigenvalue weighted by atomic mass is 10.2. The van der Waals surface area contributed by atoms with Crippen LogP contribution in [0.25, 0.3) is 16.1 Å². The lowest BCUT2D eigenvalue weighted by molar-refractivity contribution is 0.0946. The van der Waals surface area contributed by atoms with Crippen molar-refractivity contribution in [1.82, 2.24) is 25.1 Å². The molecule has 2 N–H and O–H groups in total. The zero-order valence-corrected chi connectivity index (χ0v) is 12.9. The van der Waals surface area contributed by atoms with Gasteiger partial charge in [0.15, 0.2) is 5.69 Å². The number of hydrogen-bond acceptors (Lipinski definition) is 4. The van der Waals surface area contributed by atoms with Crippen LogP contribution in [0.1, 0.15) is 16.1 Å². The molecule has 0 saturated carbocycles. The van der Waals surface area contributed by atoms with Crippen LogP contribution in [0.5, 0.6) is 0 Å². The molecule has 0 aliphatic heterocycles. The average Bonchev–Trinajstić information content (AvgIpc) is 3.31. The highest BCUT2D eigenvalue weighted by molar-refractivity contribution is 7.13. The van der Waals surface area contributed by atoms with Crippen molar-refractivity contribution in [3.05, 3.63) is 65.4 Å². The summed E-state index contributed by atoms with van der Waals surface area (Å²) in [6.07, 6.45) is 3.64. The van der Waals surface area contributed by atoms with E-state index in [1.165, 1.54) is 0 Å². The SMILES string of the molecule is O=C(NCc1cnn2ccccc12)c1cc(-c2cccs2)[nH]n1. The third kappa shape index (κ3) is 2.62. The standard InChI is InChI=1S/C16H13N5OS/c22-16(13-8-12(19-20-13)15-5-3-7-23-15)17-9-11-10-18-21-6-2-1-4-14(11)21/h1-8,10H,9H2,(H,17,22)(H,19,20). The summed E-state index contributed by atoms with van der Waals surface area (Å²) in [6, 6.07) is 11.5. The fourth-order valence-corrected chi connectivity index (χ4v) is 3.08. The van der Waals surface area contributed by atoms with E-state index >= 15 is 0 Å². The summed E-state index contributed by atoms with van der Waals surface area (Å²) in [5.41, 5.74) is 3.17. The predicted molar refractivity (Wildman–Crippen MR) is 88.3 cm³/mol. The van der Waals surface area contributed by atoms with Crippen LogP contribution in [0.3, 0.4) is 0 Å². The second-order valence-corrected chi connectivity index (χ2v) is 5.97. The molecule has 0 fully saturated rings. The van der Waals surface area contributed by atoms with Crippen molar-refractivity contribution in [1.29, 1.82) is 0 Å². The van der Waals surface area contributed by atoms with E-state index in [2.05, 4.69) is 20.6 Å². The first-order valence-electron chi connectivity index (χ1n) is 7.10. The van der Waals surface area contributed by atoms with E-state index in [4.69, 9.17) is 0 Å². The molecule has 114 valence electrons. The van der Waals surface area contributed by atoms with E-state index in [9.17, 15) is 4.79 Å². The summed E-state index contributed by atoms with van der Waals surface area (Å²) < 4.78 is 1.78. The van der Waals surface area contributed by atoms with Crippen molar-refractivity contribution in [2.24, 2.45) is 0 Å². The number of carbonyl (C=O) groups is 1. The fraction of sp³-hybridized carbons (Fsp3) is 0.0625. The largest absolute Gasteiger partial charge is 0.346 e. The molecular weight excluding hydrogens is 310 g/mol. The molecule has 6 nitrogen and oxygen atoms in total. The monoisotopic (exact) mass is 323 g/mol. The van der Waals surface area contributed by atoms with Crippen LogP contribution in [-0.2, 0) is 6.54 Å². The molecule has 0 bridgehead atoms. The van der Waals surface area contributed by atoms with Crippen LogP contribution in [0.4, 0.5) is 0 Å². The molecule has 0 aliphatic rings. The van der Waals surface area contributed by atoms with Gasteiger partial charge in [-0.15, -0.1) is 11.3 Å². The highest BCUT2D eigenvalue weighted by Gasteiger charge is 2.12. The molecule has 0 aromatic carbocycles. The molecule has 0 atom stereocenters. The zero-order valence-electron chi connectivity index (χ0n) is 12.1. The van der Waals surface area contributed by atoms with Gasteiger partial charge in [0.2, 0.25) is 0 Å². The minimum absolute atomic E-state index is 0.209. The molecule has 7 heteroatoms. The Kier molecular flexibility index (Phi) is 3.39. The van der Waals surface area contributed by atoms with Gasteiger partial charge in [0.25, 0.3) is 5.91 Å². The summed E-state index contributed by atoms with van der Waals surface area (Å²) in [6.45, 7) is 0.410. The molecule has 4 rings (SSSR count). The summed E-state index contributed by atoms with van der Waals surface area (Å²) in [5.74, 6) is -0.209. The van der Waals surface area contributed by atoms with Crippen molar-refractivity contribution in [2.45, 2.75) is 6.54 Å². The molecule has 1 amide bonds. The minimum atomic E-state index is -0.209. The minimum Gasteiger partial charge on any atom is -0.346 e. The molecule has 0 unspecified atom stereocenters. The van der Waals surface area contributed by atoms with Gasteiger partial charge in [-0.3, -0.25) is 9.89 Å². The number of rotatable bonds is 4. The lowest BCUT2D eigenvalue weighted by Crippen LogP contribution is -2.23. The van der Waals surface area contributed by atoms with Crippen LogP contribution < -0.4 is 5.32 Å². The van der Waals surface area contributed by atoms with Crippen molar-refractivity contribution in [3.63, 3.8) is 0 Å². The van der Waals surface area contributed by atoms with Gasteiger partial charge in [-0.25, -0.2) is 4.52 Å². The number of carbonyl (C=O) groups excluding carboxylic acids is 1. The lowest BCUT2D eigenvalue weighted by Gasteiger charge is -2.01. The average molecular weight is 323 g/mol. The summed E-state index contributed by atoms with van der Waals surface area (Å²) >= 11 is 1.60. The first-order chi connectivity index (χ1) is 11.3. The second kappa shape index (κ2) is 5.69. The van der Waals surface area contributed by atoms with Gasteiger partial charge in [0.1, 0.15) is 0 Å². The first kappa shape index (κ1) is 13.7. The van der Waals surface area contributed by atoms with Gasteiger partial charge in [0, 0.05) is 18.3 Å². The Labute approximate surface area is 135 Å². The number of aromatic nitrogens is 4. The number of amides is 1. The number of fused-ring (bicyclic) bond motifs is 1. The van der Waals surface area contributed by atoms with Gasteiger partial charge in [0.05, 0.1) is 22.3 Å².